The molecule has 0 spiro atoms. The van der Waals surface area contributed by atoms with E-state index in [-0.39, 0.29) is 6.03 Å². The molecule has 1 aromatic heterocycles. The van der Waals surface area contributed by atoms with Crippen LogP contribution in [0.1, 0.15) is 29.7 Å². The second-order valence-corrected chi connectivity index (χ2v) is 7.95. The van der Waals surface area contributed by atoms with Crippen LogP contribution in [0.4, 0.5) is 10.5 Å². The molecule has 0 radical (unpaired) electrons. The van der Waals surface area contributed by atoms with E-state index in [9.17, 15) is 4.79 Å². The van der Waals surface area contributed by atoms with Crippen molar-refractivity contribution in [2.75, 3.05) is 25.0 Å². The van der Waals surface area contributed by atoms with E-state index < -0.39 is 0 Å². The number of amides is 2. The molecule has 1 N–H and O–H groups in total. The van der Waals surface area contributed by atoms with Crippen molar-refractivity contribution in [3.8, 4) is 0 Å². The molecule has 3 fully saturated rings. The first kappa shape index (κ1) is 18.0. The molecular formula is C22H28N4O. The zero-order valence-electron chi connectivity index (χ0n) is 16.2. The molecule has 0 saturated carbocycles. The summed E-state index contributed by atoms with van der Waals surface area (Å²) in [6.07, 6.45) is 4.22. The van der Waals surface area contributed by atoms with Crippen LogP contribution in [0.15, 0.2) is 42.6 Å². The Morgan fingerprint density at radius 2 is 1.89 bits per heavy atom. The monoisotopic (exact) mass is 364 g/mol. The first-order valence-corrected chi connectivity index (χ1v) is 9.86. The highest BCUT2D eigenvalue weighted by Crippen LogP contribution is 2.30. The number of aryl methyl sites for hydroxylation is 2. The molecule has 4 heterocycles. The Bertz CT molecular complexity index is 787. The maximum absolute atomic E-state index is 13.0. The van der Waals surface area contributed by atoms with Gasteiger partial charge in [0, 0.05) is 44.1 Å². The van der Waals surface area contributed by atoms with E-state index >= 15 is 0 Å². The zero-order chi connectivity index (χ0) is 18.8. The van der Waals surface area contributed by atoms with E-state index in [0.29, 0.717) is 12.0 Å². The molecule has 0 aliphatic carbocycles. The summed E-state index contributed by atoms with van der Waals surface area (Å²) in [7, 11) is 0. The molecule has 2 amide bonds. The number of hydrogen-bond acceptors (Lipinski definition) is 3. The molecule has 2 bridgehead atoms. The van der Waals surface area contributed by atoms with Gasteiger partial charge in [-0.1, -0.05) is 24.3 Å². The van der Waals surface area contributed by atoms with Crippen molar-refractivity contribution in [1.82, 2.24) is 14.8 Å². The average Bonchev–Trinajstić information content (AvgIpc) is 2.98. The fourth-order valence-electron chi connectivity index (χ4n) is 4.44. The van der Waals surface area contributed by atoms with Crippen LogP contribution in [0, 0.1) is 19.8 Å². The fourth-order valence-corrected chi connectivity index (χ4v) is 4.44. The second kappa shape index (κ2) is 7.69. The van der Waals surface area contributed by atoms with Crippen molar-refractivity contribution in [2.24, 2.45) is 5.92 Å². The van der Waals surface area contributed by atoms with Crippen molar-refractivity contribution in [1.29, 1.82) is 0 Å². The number of fused-ring (bicyclic) bond motifs is 4. The summed E-state index contributed by atoms with van der Waals surface area (Å²) < 4.78 is 0. The lowest BCUT2D eigenvalue weighted by Gasteiger charge is -2.35. The molecule has 27 heavy (non-hydrogen) atoms. The minimum Gasteiger partial charge on any atom is -0.323 e. The molecule has 2 aromatic rings. The first-order valence-electron chi connectivity index (χ1n) is 9.86. The Hall–Kier alpha value is -2.40. The fraction of sp³-hybridized carbons (Fsp3) is 0.455. The Morgan fingerprint density at radius 3 is 2.63 bits per heavy atom. The lowest BCUT2D eigenvalue weighted by atomic mass is 9.95. The second-order valence-electron chi connectivity index (χ2n) is 7.95. The van der Waals surface area contributed by atoms with Gasteiger partial charge in [-0.2, -0.15) is 0 Å². The van der Waals surface area contributed by atoms with Crippen LogP contribution in [0.5, 0.6) is 0 Å². The van der Waals surface area contributed by atoms with Crippen molar-refractivity contribution >= 4 is 11.7 Å². The molecule has 2 atom stereocenters. The Morgan fingerprint density at radius 1 is 1.07 bits per heavy atom. The van der Waals surface area contributed by atoms with Crippen LogP contribution in [0.2, 0.25) is 0 Å². The summed E-state index contributed by atoms with van der Waals surface area (Å²) in [5.41, 5.74) is 4.27. The number of carbonyl (C=O) groups is 1. The number of aromatic nitrogens is 1. The zero-order valence-corrected chi connectivity index (χ0v) is 16.2. The molecular weight excluding hydrogens is 336 g/mol. The molecule has 0 unspecified atom stereocenters. The number of carbonyl (C=O) groups excluding carboxylic acids is 1. The number of urea groups is 1. The van der Waals surface area contributed by atoms with Gasteiger partial charge in [0.15, 0.2) is 0 Å². The van der Waals surface area contributed by atoms with Gasteiger partial charge in [0.05, 0.1) is 5.69 Å². The molecule has 3 aliphatic rings. The highest BCUT2D eigenvalue weighted by Gasteiger charge is 2.36. The summed E-state index contributed by atoms with van der Waals surface area (Å²) in [5, 5.41) is 3.17. The van der Waals surface area contributed by atoms with E-state index in [1.165, 1.54) is 6.42 Å². The third kappa shape index (κ3) is 3.98. The number of benzene rings is 1. The van der Waals surface area contributed by atoms with Crippen LogP contribution < -0.4 is 5.32 Å². The number of anilines is 1. The van der Waals surface area contributed by atoms with E-state index in [4.69, 9.17) is 0 Å². The highest BCUT2D eigenvalue weighted by atomic mass is 16.2. The van der Waals surface area contributed by atoms with E-state index in [0.717, 1.165) is 55.1 Å². The minimum atomic E-state index is 0.0315. The average molecular weight is 364 g/mol. The lowest BCUT2D eigenvalue weighted by molar-refractivity contribution is 0.123. The SMILES string of the molecule is Cc1cccc(C)c1NC(=O)N1C[C@H]2CC[C@@H](C1)N(Cc1ccccn1)C2. The Labute approximate surface area is 161 Å². The van der Waals surface area contributed by atoms with Gasteiger partial charge in [0.25, 0.3) is 0 Å². The molecule has 3 aliphatic heterocycles. The lowest BCUT2D eigenvalue weighted by Crippen LogP contribution is -2.44. The van der Waals surface area contributed by atoms with Crippen LogP contribution in [-0.2, 0) is 6.54 Å². The van der Waals surface area contributed by atoms with Crippen molar-refractivity contribution in [3.63, 3.8) is 0 Å². The minimum absolute atomic E-state index is 0.0315. The molecule has 5 nitrogen and oxygen atoms in total. The van der Waals surface area contributed by atoms with Crippen molar-refractivity contribution < 1.29 is 4.79 Å². The molecule has 5 heteroatoms. The number of pyridine rings is 1. The van der Waals surface area contributed by atoms with Crippen molar-refractivity contribution in [2.45, 2.75) is 39.3 Å². The predicted octanol–water partition coefficient (Wildman–Crippen LogP) is 3.83. The van der Waals surface area contributed by atoms with Gasteiger partial charge in [0.1, 0.15) is 0 Å². The summed E-state index contributed by atoms with van der Waals surface area (Å²) in [6, 6.07) is 12.7. The normalized spacial score (nSPS) is 22.5. The third-order valence-electron chi connectivity index (χ3n) is 5.92. The number of nitrogens with one attached hydrogen (secondary N) is 1. The van der Waals surface area contributed by atoms with Crippen LogP contribution in [0.25, 0.3) is 0 Å². The van der Waals surface area contributed by atoms with Gasteiger partial charge in [-0.25, -0.2) is 4.79 Å². The van der Waals surface area contributed by atoms with Gasteiger partial charge in [0.2, 0.25) is 0 Å². The Balaban J connectivity index is 1.46. The van der Waals surface area contributed by atoms with Crippen LogP contribution in [-0.4, -0.2) is 46.5 Å². The molecule has 142 valence electrons. The number of nitrogens with zero attached hydrogens (tertiary/aromatic N) is 3. The largest absolute Gasteiger partial charge is 0.323 e. The summed E-state index contributed by atoms with van der Waals surface area (Å²) in [6.45, 7) is 7.64. The van der Waals surface area contributed by atoms with Crippen LogP contribution >= 0.6 is 0 Å². The standard InChI is InChI=1S/C22H28N4O/c1-16-6-5-7-17(2)21(16)24-22(27)26-13-18-9-10-20(15-26)25(12-18)14-19-8-3-4-11-23-19/h3-8,11,18,20H,9-10,12-15H2,1-2H3,(H,24,27)/t18-,20-/m0/s1. The number of rotatable bonds is 3. The van der Waals surface area contributed by atoms with Gasteiger partial charge in [-0.15, -0.1) is 0 Å². The van der Waals surface area contributed by atoms with Gasteiger partial charge >= 0.3 is 6.03 Å². The summed E-state index contributed by atoms with van der Waals surface area (Å²) >= 11 is 0. The van der Waals surface area contributed by atoms with Gasteiger partial charge in [-0.3, -0.25) is 9.88 Å². The topological polar surface area (TPSA) is 48.5 Å². The Kier molecular flexibility index (Phi) is 5.12. The number of hydrogen-bond donors (Lipinski definition) is 1. The van der Waals surface area contributed by atoms with Crippen molar-refractivity contribution in [3.05, 3.63) is 59.4 Å². The van der Waals surface area contributed by atoms with E-state index in [1.807, 2.05) is 55.3 Å². The highest BCUT2D eigenvalue weighted by molar-refractivity contribution is 5.91. The smallest absolute Gasteiger partial charge is 0.321 e. The molecule has 1 aromatic carbocycles. The molecule has 3 saturated heterocycles. The molecule has 5 rings (SSSR count). The quantitative estimate of drug-likeness (QED) is 0.900. The summed E-state index contributed by atoms with van der Waals surface area (Å²) in [4.78, 5) is 22.0. The first-order chi connectivity index (χ1) is 13.1. The maximum Gasteiger partial charge on any atom is 0.321 e. The number of para-hydroxylation sites is 1. The predicted molar refractivity (Wildman–Crippen MR) is 108 cm³/mol. The van der Waals surface area contributed by atoms with Gasteiger partial charge in [-0.05, 0) is 55.9 Å². The van der Waals surface area contributed by atoms with E-state index in [2.05, 4.69) is 21.3 Å². The number of piperidine rings is 1. The van der Waals surface area contributed by atoms with Gasteiger partial charge < -0.3 is 10.2 Å². The maximum atomic E-state index is 13.0. The van der Waals surface area contributed by atoms with E-state index in [1.54, 1.807) is 0 Å². The summed E-state index contributed by atoms with van der Waals surface area (Å²) in [5.74, 6) is 0.538. The third-order valence-corrected chi connectivity index (χ3v) is 5.92. The van der Waals surface area contributed by atoms with Crippen LogP contribution in [0.3, 0.4) is 0 Å².